The lowest BCUT2D eigenvalue weighted by Crippen LogP contribution is -2.11. The van der Waals surface area contributed by atoms with Crippen molar-refractivity contribution in [2.75, 3.05) is 6.61 Å². The minimum Gasteiger partial charge on any atom is -0.477 e. The van der Waals surface area contributed by atoms with Crippen LogP contribution in [0.15, 0.2) is 12.1 Å². The minimum absolute atomic E-state index is 0.0601. The number of hydrogen-bond acceptors (Lipinski definition) is 4. The van der Waals surface area contributed by atoms with E-state index >= 15 is 0 Å². The molecule has 0 unspecified atom stereocenters. The van der Waals surface area contributed by atoms with E-state index in [2.05, 4.69) is 25.8 Å². The molecule has 17 heavy (non-hydrogen) atoms. The van der Waals surface area contributed by atoms with Gasteiger partial charge < -0.3 is 4.74 Å². The van der Waals surface area contributed by atoms with Crippen LogP contribution in [-0.4, -0.2) is 16.5 Å². The summed E-state index contributed by atoms with van der Waals surface area (Å²) in [6.45, 7) is 6.71. The maximum Gasteiger partial charge on any atom is 0.277 e. The molecule has 1 aromatic heterocycles. The fourth-order valence-electron chi connectivity index (χ4n) is 1.10. The average molecular weight is 259 g/mol. The van der Waals surface area contributed by atoms with Crippen LogP contribution in [0.1, 0.15) is 27.2 Å². The van der Waals surface area contributed by atoms with E-state index < -0.39 is 4.92 Å². The first-order valence-electron chi connectivity index (χ1n) is 5.23. The van der Waals surface area contributed by atoms with E-state index in [1.165, 1.54) is 12.1 Å². The summed E-state index contributed by atoms with van der Waals surface area (Å²) in [5, 5.41) is 10.7. The van der Waals surface area contributed by atoms with Crippen LogP contribution in [0.3, 0.4) is 0 Å². The van der Waals surface area contributed by atoms with Crippen LogP contribution in [0.25, 0.3) is 0 Å². The molecular weight excluding hydrogens is 244 g/mol. The number of pyridine rings is 1. The molecule has 0 amide bonds. The molecule has 0 saturated heterocycles. The fraction of sp³-hybridized carbons (Fsp3) is 0.545. The Morgan fingerprint density at radius 2 is 2.12 bits per heavy atom. The minimum atomic E-state index is -0.524. The largest absolute Gasteiger partial charge is 0.477 e. The van der Waals surface area contributed by atoms with Crippen molar-refractivity contribution in [3.8, 4) is 5.88 Å². The molecule has 6 heteroatoms. The number of nitrogens with zero attached hydrogens (tertiary/aromatic N) is 2. The van der Waals surface area contributed by atoms with Gasteiger partial charge in [0.1, 0.15) is 5.15 Å². The lowest BCUT2D eigenvalue weighted by molar-refractivity contribution is -0.385. The highest BCUT2D eigenvalue weighted by atomic mass is 35.5. The lowest BCUT2D eigenvalue weighted by Gasteiger charge is -2.17. The number of nitro groups is 1. The van der Waals surface area contributed by atoms with Crippen LogP contribution in [0.5, 0.6) is 5.88 Å². The molecule has 0 spiro atoms. The smallest absolute Gasteiger partial charge is 0.277 e. The van der Waals surface area contributed by atoms with Crippen LogP contribution in [-0.2, 0) is 0 Å². The topological polar surface area (TPSA) is 65.3 Å². The van der Waals surface area contributed by atoms with E-state index in [0.29, 0.717) is 6.61 Å². The van der Waals surface area contributed by atoms with Crippen molar-refractivity contribution in [2.24, 2.45) is 5.41 Å². The molecular formula is C11H15ClN2O3. The molecule has 1 aromatic rings. The predicted octanol–water partition coefficient (Wildman–Crippen LogP) is 3.46. The van der Waals surface area contributed by atoms with Crippen molar-refractivity contribution < 1.29 is 9.66 Å². The summed E-state index contributed by atoms with van der Waals surface area (Å²) in [4.78, 5) is 14.0. The Labute approximate surface area is 105 Å². The number of rotatable bonds is 4. The molecule has 94 valence electrons. The zero-order valence-electron chi connectivity index (χ0n) is 10.1. The summed E-state index contributed by atoms with van der Waals surface area (Å²) < 4.78 is 5.35. The van der Waals surface area contributed by atoms with E-state index in [1.807, 2.05) is 0 Å². The highest BCUT2D eigenvalue weighted by Gasteiger charge is 2.13. The second-order valence-corrected chi connectivity index (χ2v) is 5.29. The van der Waals surface area contributed by atoms with Gasteiger partial charge in [-0.05, 0) is 11.8 Å². The van der Waals surface area contributed by atoms with Crippen molar-refractivity contribution in [1.29, 1.82) is 0 Å². The maximum absolute atomic E-state index is 10.6. The zero-order chi connectivity index (χ0) is 13.1. The van der Waals surface area contributed by atoms with Gasteiger partial charge in [0.15, 0.2) is 0 Å². The summed E-state index contributed by atoms with van der Waals surface area (Å²) in [5.41, 5.74) is 0.0283. The van der Waals surface area contributed by atoms with E-state index in [9.17, 15) is 10.1 Å². The number of halogens is 1. The molecule has 0 aliphatic carbocycles. The van der Waals surface area contributed by atoms with Gasteiger partial charge in [-0.3, -0.25) is 10.1 Å². The first-order chi connectivity index (χ1) is 7.78. The first kappa shape index (κ1) is 13.7. The Balaban J connectivity index is 2.68. The van der Waals surface area contributed by atoms with Crippen LogP contribution in [0, 0.1) is 15.5 Å². The second-order valence-electron chi connectivity index (χ2n) is 4.90. The summed E-state index contributed by atoms with van der Waals surface area (Å²) in [5.74, 6) is 0.188. The molecule has 0 bridgehead atoms. The Bertz CT molecular complexity index is 416. The number of hydrogen-bond donors (Lipinski definition) is 0. The van der Waals surface area contributed by atoms with Crippen LogP contribution in [0.2, 0.25) is 5.15 Å². The van der Waals surface area contributed by atoms with Crippen molar-refractivity contribution >= 4 is 17.3 Å². The molecule has 0 aromatic carbocycles. The van der Waals surface area contributed by atoms with E-state index in [1.54, 1.807) is 0 Å². The van der Waals surface area contributed by atoms with Gasteiger partial charge >= 0.3 is 0 Å². The summed E-state index contributed by atoms with van der Waals surface area (Å²) in [6.07, 6.45) is 0.828. The van der Waals surface area contributed by atoms with Crippen molar-refractivity contribution in [3.05, 3.63) is 27.4 Å². The number of aromatic nitrogens is 1. The lowest BCUT2D eigenvalue weighted by atomic mass is 9.93. The molecule has 0 fully saturated rings. The molecule has 0 atom stereocenters. The van der Waals surface area contributed by atoms with Gasteiger partial charge in [0.25, 0.3) is 5.69 Å². The SMILES string of the molecule is CC(C)(C)CCOc1cc([N+](=O)[O-])cc(Cl)n1. The van der Waals surface area contributed by atoms with Crippen molar-refractivity contribution in [3.63, 3.8) is 0 Å². The van der Waals surface area contributed by atoms with Gasteiger partial charge in [-0.2, -0.15) is 0 Å². The second kappa shape index (κ2) is 5.31. The third-order valence-electron chi connectivity index (χ3n) is 2.07. The molecule has 0 aliphatic heterocycles. The first-order valence-corrected chi connectivity index (χ1v) is 5.60. The van der Waals surface area contributed by atoms with Crippen LogP contribution in [0.4, 0.5) is 5.69 Å². The van der Waals surface area contributed by atoms with Gasteiger partial charge in [-0.25, -0.2) is 4.98 Å². The third-order valence-corrected chi connectivity index (χ3v) is 2.26. The summed E-state index contributed by atoms with van der Waals surface area (Å²) in [6, 6.07) is 2.46. The predicted molar refractivity (Wildman–Crippen MR) is 65.5 cm³/mol. The Kier molecular flexibility index (Phi) is 4.28. The quantitative estimate of drug-likeness (QED) is 0.471. The Hall–Kier alpha value is -1.36. The molecule has 0 aliphatic rings. The van der Waals surface area contributed by atoms with Gasteiger partial charge in [-0.15, -0.1) is 0 Å². The third kappa shape index (κ3) is 4.99. The normalized spacial score (nSPS) is 11.3. The monoisotopic (exact) mass is 258 g/mol. The van der Waals surface area contributed by atoms with Crippen molar-refractivity contribution in [2.45, 2.75) is 27.2 Å². The molecule has 1 heterocycles. The zero-order valence-corrected chi connectivity index (χ0v) is 10.8. The fourth-order valence-corrected chi connectivity index (χ4v) is 1.30. The van der Waals surface area contributed by atoms with E-state index in [-0.39, 0.29) is 22.1 Å². The molecule has 0 radical (unpaired) electrons. The maximum atomic E-state index is 10.6. The summed E-state index contributed by atoms with van der Waals surface area (Å²) >= 11 is 5.67. The van der Waals surface area contributed by atoms with Crippen LogP contribution < -0.4 is 4.74 Å². The standard InChI is InChI=1S/C11H15ClN2O3/c1-11(2,3)4-5-17-10-7-8(14(15)16)6-9(12)13-10/h6-7H,4-5H2,1-3H3. The number of ether oxygens (including phenoxy) is 1. The van der Waals surface area contributed by atoms with Gasteiger partial charge in [0, 0.05) is 0 Å². The summed E-state index contributed by atoms with van der Waals surface area (Å²) in [7, 11) is 0. The molecule has 0 N–H and O–H groups in total. The van der Waals surface area contributed by atoms with Crippen LogP contribution >= 0.6 is 11.6 Å². The molecule has 1 rings (SSSR count). The molecule has 5 nitrogen and oxygen atoms in total. The van der Waals surface area contributed by atoms with E-state index in [4.69, 9.17) is 16.3 Å². The highest BCUT2D eigenvalue weighted by molar-refractivity contribution is 6.29. The Morgan fingerprint density at radius 3 is 2.65 bits per heavy atom. The van der Waals surface area contributed by atoms with Crippen molar-refractivity contribution in [1.82, 2.24) is 4.98 Å². The van der Waals surface area contributed by atoms with E-state index in [0.717, 1.165) is 6.42 Å². The van der Waals surface area contributed by atoms with Gasteiger partial charge in [0.05, 0.1) is 23.7 Å². The Morgan fingerprint density at radius 1 is 1.47 bits per heavy atom. The highest BCUT2D eigenvalue weighted by Crippen LogP contribution is 2.23. The van der Waals surface area contributed by atoms with Gasteiger partial charge in [-0.1, -0.05) is 32.4 Å². The molecule has 0 saturated carbocycles. The average Bonchev–Trinajstić information content (AvgIpc) is 2.14. The van der Waals surface area contributed by atoms with Gasteiger partial charge in [0.2, 0.25) is 5.88 Å².